The summed E-state index contributed by atoms with van der Waals surface area (Å²) in [7, 11) is 0. The number of hydrogen-bond acceptors (Lipinski definition) is 5. The summed E-state index contributed by atoms with van der Waals surface area (Å²) in [4.78, 5) is 19.4. The maximum atomic E-state index is 12.1. The molecule has 114 valence electrons. The van der Waals surface area contributed by atoms with Gasteiger partial charge in [-0.25, -0.2) is 4.68 Å². The van der Waals surface area contributed by atoms with Crippen LogP contribution in [0.4, 0.5) is 5.95 Å². The molecule has 0 bridgehead atoms. The number of nitrogens with one attached hydrogen (secondary N) is 2. The van der Waals surface area contributed by atoms with Gasteiger partial charge in [-0.2, -0.15) is 10.1 Å². The van der Waals surface area contributed by atoms with Crippen LogP contribution in [-0.4, -0.2) is 39.5 Å². The van der Waals surface area contributed by atoms with Gasteiger partial charge in [0.2, 0.25) is 5.95 Å². The zero-order chi connectivity index (χ0) is 15.3. The zero-order valence-electron chi connectivity index (χ0n) is 12.9. The van der Waals surface area contributed by atoms with Gasteiger partial charge >= 0.3 is 0 Å². The van der Waals surface area contributed by atoms with E-state index in [1.807, 2.05) is 20.8 Å². The Morgan fingerprint density at radius 2 is 2.19 bits per heavy atom. The second kappa shape index (κ2) is 4.56. The first-order valence-electron chi connectivity index (χ1n) is 7.09. The van der Waals surface area contributed by atoms with Gasteiger partial charge in [0.15, 0.2) is 5.65 Å². The fraction of sp³-hybridized carbons (Fsp3) is 0.643. The average Bonchev–Trinajstić information content (AvgIpc) is 2.78. The van der Waals surface area contributed by atoms with Crippen molar-refractivity contribution in [3.05, 3.63) is 16.6 Å². The molecule has 2 aromatic heterocycles. The zero-order valence-corrected chi connectivity index (χ0v) is 12.9. The number of hydrogen-bond donors (Lipinski definition) is 2. The van der Waals surface area contributed by atoms with Crippen LogP contribution in [0.15, 0.2) is 11.0 Å². The Bertz CT molecular complexity index is 721. The number of aromatic nitrogens is 4. The fourth-order valence-corrected chi connectivity index (χ4v) is 2.34. The summed E-state index contributed by atoms with van der Waals surface area (Å²) in [5.74, 6) is 0.478. The van der Waals surface area contributed by atoms with Crippen LogP contribution in [0.5, 0.6) is 0 Å². The second-order valence-corrected chi connectivity index (χ2v) is 7.04. The van der Waals surface area contributed by atoms with Crippen molar-refractivity contribution >= 4 is 17.0 Å². The molecule has 0 radical (unpaired) electrons. The Labute approximate surface area is 122 Å². The van der Waals surface area contributed by atoms with E-state index in [0.717, 1.165) is 13.2 Å². The molecular formula is C14H21N5O2. The van der Waals surface area contributed by atoms with Gasteiger partial charge in [-0.3, -0.25) is 9.78 Å². The van der Waals surface area contributed by atoms with E-state index in [9.17, 15) is 4.79 Å². The molecule has 0 saturated carbocycles. The molecule has 2 N–H and O–H groups in total. The van der Waals surface area contributed by atoms with Crippen molar-refractivity contribution < 1.29 is 4.74 Å². The smallest absolute Gasteiger partial charge is 0.263 e. The molecule has 0 aliphatic carbocycles. The van der Waals surface area contributed by atoms with Crippen LogP contribution in [0.25, 0.3) is 11.0 Å². The lowest BCUT2D eigenvalue weighted by Crippen LogP contribution is -2.45. The summed E-state index contributed by atoms with van der Waals surface area (Å²) >= 11 is 0. The highest BCUT2D eigenvalue weighted by Gasteiger charge is 2.33. The lowest BCUT2D eigenvalue weighted by atomic mass is 9.89. The number of ether oxygens (including phenoxy) is 1. The van der Waals surface area contributed by atoms with Gasteiger partial charge in [0.1, 0.15) is 5.39 Å². The number of aromatic amines is 1. The van der Waals surface area contributed by atoms with Crippen molar-refractivity contribution in [2.75, 3.05) is 25.1 Å². The van der Waals surface area contributed by atoms with Crippen LogP contribution in [-0.2, 0) is 10.3 Å². The van der Waals surface area contributed by atoms with Crippen molar-refractivity contribution in [3.8, 4) is 0 Å². The number of H-pyrrole nitrogens is 1. The van der Waals surface area contributed by atoms with Gasteiger partial charge in [-0.05, 0) is 20.8 Å². The lowest BCUT2D eigenvalue weighted by Gasteiger charge is -2.38. The van der Waals surface area contributed by atoms with Gasteiger partial charge in [-0.15, -0.1) is 0 Å². The molecule has 3 heterocycles. The second-order valence-electron chi connectivity index (χ2n) is 7.04. The molecule has 1 saturated heterocycles. The summed E-state index contributed by atoms with van der Waals surface area (Å²) in [6, 6.07) is 0. The first-order chi connectivity index (χ1) is 9.78. The molecule has 0 spiro atoms. The molecule has 21 heavy (non-hydrogen) atoms. The van der Waals surface area contributed by atoms with Gasteiger partial charge in [0.25, 0.3) is 5.56 Å². The van der Waals surface area contributed by atoms with E-state index in [1.165, 1.54) is 0 Å². The van der Waals surface area contributed by atoms with E-state index in [2.05, 4.69) is 27.3 Å². The van der Waals surface area contributed by atoms with Crippen molar-refractivity contribution in [1.82, 2.24) is 19.7 Å². The maximum Gasteiger partial charge on any atom is 0.263 e. The standard InChI is InChI=1S/C14H21N5O2/c1-13(2,3)19-10-9(5-16-19)11(20)18-12(17-10)15-6-14(4)7-21-8-14/h5H,6-8H2,1-4H3,(H2,15,17,18,20). The van der Waals surface area contributed by atoms with Crippen molar-refractivity contribution in [2.24, 2.45) is 5.41 Å². The average molecular weight is 291 g/mol. The highest BCUT2D eigenvalue weighted by atomic mass is 16.5. The normalized spacial score (nSPS) is 17.7. The van der Waals surface area contributed by atoms with E-state index in [4.69, 9.17) is 4.74 Å². The Balaban J connectivity index is 1.95. The molecule has 3 rings (SSSR count). The first-order valence-corrected chi connectivity index (χ1v) is 7.09. The third-order valence-electron chi connectivity index (χ3n) is 3.66. The predicted molar refractivity (Wildman–Crippen MR) is 80.6 cm³/mol. The van der Waals surface area contributed by atoms with E-state index < -0.39 is 0 Å². The number of fused-ring (bicyclic) bond motifs is 1. The quantitative estimate of drug-likeness (QED) is 0.891. The monoisotopic (exact) mass is 291 g/mol. The third kappa shape index (κ3) is 2.53. The minimum Gasteiger partial charge on any atom is -0.380 e. The summed E-state index contributed by atoms with van der Waals surface area (Å²) in [6.45, 7) is 10.4. The van der Waals surface area contributed by atoms with Gasteiger partial charge in [-0.1, -0.05) is 6.92 Å². The molecule has 0 aromatic carbocycles. The molecular weight excluding hydrogens is 270 g/mol. The van der Waals surface area contributed by atoms with E-state index in [0.29, 0.717) is 23.5 Å². The summed E-state index contributed by atoms with van der Waals surface area (Å²) < 4.78 is 7.00. The van der Waals surface area contributed by atoms with Crippen LogP contribution < -0.4 is 10.9 Å². The molecule has 0 amide bonds. The minimum atomic E-state index is -0.229. The van der Waals surface area contributed by atoms with Crippen LogP contribution >= 0.6 is 0 Å². The maximum absolute atomic E-state index is 12.1. The largest absolute Gasteiger partial charge is 0.380 e. The highest BCUT2D eigenvalue weighted by Crippen LogP contribution is 2.26. The van der Waals surface area contributed by atoms with Crippen LogP contribution in [0.2, 0.25) is 0 Å². The lowest BCUT2D eigenvalue weighted by molar-refractivity contribution is -0.0925. The number of anilines is 1. The molecule has 1 aliphatic rings. The Morgan fingerprint density at radius 3 is 2.76 bits per heavy atom. The molecule has 2 aromatic rings. The topological polar surface area (TPSA) is 84.8 Å². The minimum absolute atomic E-state index is 0.109. The van der Waals surface area contributed by atoms with Crippen molar-refractivity contribution in [1.29, 1.82) is 0 Å². The molecule has 7 nitrogen and oxygen atoms in total. The first kappa shape index (κ1) is 14.1. The molecule has 1 fully saturated rings. The third-order valence-corrected chi connectivity index (χ3v) is 3.66. The van der Waals surface area contributed by atoms with Crippen LogP contribution in [0.3, 0.4) is 0 Å². The predicted octanol–water partition coefficient (Wildman–Crippen LogP) is 1.32. The van der Waals surface area contributed by atoms with Crippen molar-refractivity contribution in [3.63, 3.8) is 0 Å². The Morgan fingerprint density at radius 1 is 1.48 bits per heavy atom. The Kier molecular flexibility index (Phi) is 3.05. The highest BCUT2D eigenvalue weighted by molar-refractivity contribution is 5.74. The van der Waals surface area contributed by atoms with Gasteiger partial charge < -0.3 is 10.1 Å². The van der Waals surface area contributed by atoms with Crippen LogP contribution in [0, 0.1) is 5.41 Å². The van der Waals surface area contributed by atoms with Crippen molar-refractivity contribution in [2.45, 2.75) is 33.2 Å². The van der Waals surface area contributed by atoms with E-state index in [-0.39, 0.29) is 16.5 Å². The number of rotatable bonds is 3. The van der Waals surface area contributed by atoms with Crippen LogP contribution in [0.1, 0.15) is 27.7 Å². The van der Waals surface area contributed by atoms with E-state index >= 15 is 0 Å². The molecule has 0 atom stereocenters. The van der Waals surface area contributed by atoms with Gasteiger partial charge in [0.05, 0.1) is 24.9 Å². The molecule has 7 heteroatoms. The summed E-state index contributed by atoms with van der Waals surface area (Å²) in [6.07, 6.45) is 1.57. The summed E-state index contributed by atoms with van der Waals surface area (Å²) in [5, 5.41) is 8.00. The Hall–Kier alpha value is -1.89. The van der Waals surface area contributed by atoms with E-state index in [1.54, 1.807) is 10.9 Å². The van der Waals surface area contributed by atoms with Gasteiger partial charge in [0, 0.05) is 12.0 Å². The molecule has 1 aliphatic heterocycles. The summed E-state index contributed by atoms with van der Waals surface area (Å²) in [5.41, 5.74) is 0.308. The SMILES string of the molecule is CC1(CNc2nc3c(cnn3C(C)(C)C)c(=O)[nH]2)COC1. The molecule has 0 unspecified atom stereocenters. The fourth-order valence-electron chi connectivity index (χ4n) is 2.34. The number of nitrogens with zero attached hydrogens (tertiary/aromatic N) is 3.